The van der Waals surface area contributed by atoms with Gasteiger partial charge in [-0.25, -0.2) is 8.42 Å². The highest BCUT2D eigenvalue weighted by Crippen LogP contribution is 2.33. The highest BCUT2D eigenvalue weighted by molar-refractivity contribution is 7.92. The predicted molar refractivity (Wildman–Crippen MR) is 125 cm³/mol. The van der Waals surface area contributed by atoms with Crippen molar-refractivity contribution in [1.82, 2.24) is 0 Å². The summed E-state index contributed by atoms with van der Waals surface area (Å²) in [6.07, 6.45) is -4.68. The van der Waals surface area contributed by atoms with Gasteiger partial charge in [-0.3, -0.25) is 9.10 Å². The lowest BCUT2D eigenvalue weighted by molar-refractivity contribution is -0.137. The largest absolute Gasteiger partial charge is 0.416 e. The van der Waals surface area contributed by atoms with Crippen LogP contribution >= 0.6 is 0 Å². The molecule has 4 aromatic rings. The van der Waals surface area contributed by atoms with Gasteiger partial charge in [-0.2, -0.15) is 13.2 Å². The topological polar surface area (TPSA) is 66.5 Å². The van der Waals surface area contributed by atoms with E-state index in [9.17, 15) is 26.4 Å². The van der Waals surface area contributed by atoms with Gasteiger partial charge in [0.15, 0.2) is 0 Å². The van der Waals surface area contributed by atoms with Crippen LogP contribution < -0.4 is 9.62 Å². The third-order valence-corrected chi connectivity index (χ3v) is 6.93. The van der Waals surface area contributed by atoms with Gasteiger partial charge in [-0.15, -0.1) is 0 Å². The van der Waals surface area contributed by atoms with Crippen molar-refractivity contribution < 1.29 is 26.4 Å². The van der Waals surface area contributed by atoms with E-state index in [-0.39, 0.29) is 10.6 Å². The van der Waals surface area contributed by atoms with E-state index in [4.69, 9.17) is 0 Å². The molecule has 0 aliphatic heterocycles. The summed E-state index contributed by atoms with van der Waals surface area (Å²) in [5.41, 5.74) is -0.830. The van der Waals surface area contributed by atoms with E-state index >= 15 is 0 Å². The number of sulfonamides is 1. The second kappa shape index (κ2) is 9.18. The van der Waals surface area contributed by atoms with Gasteiger partial charge in [0, 0.05) is 11.1 Å². The number of alkyl halides is 3. The lowest BCUT2D eigenvalue weighted by Gasteiger charge is -2.25. The van der Waals surface area contributed by atoms with Crippen molar-refractivity contribution in [1.29, 1.82) is 0 Å². The van der Waals surface area contributed by atoms with E-state index in [1.54, 1.807) is 30.3 Å². The molecular weight excluding hydrogens is 465 g/mol. The number of halogens is 3. The molecule has 9 heteroatoms. The van der Waals surface area contributed by atoms with Gasteiger partial charge in [0.2, 0.25) is 5.91 Å². The van der Waals surface area contributed by atoms with Crippen molar-refractivity contribution in [3.63, 3.8) is 0 Å². The van der Waals surface area contributed by atoms with E-state index in [2.05, 4.69) is 5.32 Å². The lowest BCUT2D eigenvalue weighted by Crippen LogP contribution is -2.38. The number of anilines is 2. The second-order valence-corrected chi connectivity index (χ2v) is 9.31. The van der Waals surface area contributed by atoms with Crippen molar-refractivity contribution in [3.05, 3.63) is 103 Å². The monoisotopic (exact) mass is 484 g/mol. The van der Waals surface area contributed by atoms with Crippen molar-refractivity contribution in [3.8, 4) is 0 Å². The van der Waals surface area contributed by atoms with Crippen LogP contribution in [0.5, 0.6) is 0 Å². The van der Waals surface area contributed by atoms with Crippen LogP contribution in [0.4, 0.5) is 24.5 Å². The maximum Gasteiger partial charge on any atom is 0.416 e. The minimum atomic E-state index is -4.68. The summed E-state index contributed by atoms with van der Waals surface area (Å²) in [5.74, 6) is -0.701. The number of amides is 1. The Hall–Kier alpha value is -3.85. The summed E-state index contributed by atoms with van der Waals surface area (Å²) in [7, 11) is -4.34. The molecule has 0 heterocycles. The Balaban J connectivity index is 1.72. The normalized spacial score (nSPS) is 11.9. The number of benzene rings is 4. The summed E-state index contributed by atoms with van der Waals surface area (Å²) in [5, 5.41) is 4.30. The first-order chi connectivity index (χ1) is 16.2. The second-order valence-electron chi connectivity index (χ2n) is 7.45. The summed E-state index contributed by atoms with van der Waals surface area (Å²) in [4.78, 5) is 12.8. The number of hydrogen-bond acceptors (Lipinski definition) is 3. The fraction of sp³-hybridized carbons (Fsp3) is 0.0800. The molecule has 174 valence electrons. The Morgan fingerprint density at radius 2 is 1.47 bits per heavy atom. The van der Waals surface area contributed by atoms with Gasteiger partial charge in [0.25, 0.3) is 10.0 Å². The molecule has 4 rings (SSSR count). The van der Waals surface area contributed by atoms with E-state index in [1.165, 1.54) is 30.3 Å². The minimum Gasteiger partial charge on any atom is -0.324 e. The van der Waals surface area contributed by atoms with Gasteiger partial charge in [0.05, 0.1) is 16.1 Å². The maximum atomic E-state index is 13.4. The van der Waals surface area contributed by atoms with Crippen molar-refractivity contribution in [2.45, 2.75) is 11.1 Å². The summed E-state index contributed by atoms with van der Waals surface area (Å²) in [6, 6.07) is 23.7. The van der Waals surface area contributed by atoms with Crippen LogP contribution in [0.2, 0.25) is 0 Å². The smallest absolute Gasteiger partial charge is 0.324 e. The number of nitrogens with zero attached hydrogens (tertiary/aromatic N) is 1. The van der Waals surface area contributed by atoms with Crippen LogP contribution in [0.1, 0.15) is 5.56 Å². The van der Waals surface area contributed by atoms with Crippen molar-refractivity contribution >= 4 is 38.1 Å². The molecule has 5 nitrogen and oxygen atoms in total. The maximum absolute atomic E-state index is 13.4. The van der Waals surface area contributed by atoms with Gasteiger partial charge < -0.3 is 5.32 Å². The molecule has 0 unspecified atom stereocenters. The van der Waals surface area contributed by atoms with E-state index in [0.29, 0.717) is 16.1 Å². The summed E-state index contributed by atoms with van der Waals surface area (Å²) in [6.45, 7) is -0.720. The van der Waals surface area contributed by atoms with Crippen molar-refractivity contribution in [2.75, 3.05) is 16.2 Å². The van der Waals surface area contributed by atoms with Crippen LogP contribution in [-0.4, -0.2) is 20.9 Å². The zero-order valence-electron chi connectivity index (χ0n) is 17.7. The van der Waals surface area contributed by atoms with Gasteiger partial charge in [-0.1, -0.05) is 60.7 Å². The number of nitrogens with one attached hydrogen (secondary N) is 1. The minimum absolute atomic E-state index is 0.148. The predicted octanol–water partition coefficient (Wildman–Crippen LogP) is 5.69. The third kappa shape index (κ3) is 4.89. The highest BCUT2D eigenvalue weighted by atomic mass is 32.2. The Labute approximate surface area is 194 Å². The Morgan fingerprint density at radius 3 is 2.21 bits per heavy atom. The lowest BCUT2D eigenvalue weighted by atomic mass is 10.1. The van der Waals surface area contributed by atoms with Gasteiger partial charge in [0.1, 0.15) is 6.54 Å². The van der Waals surface area contributed by atoms with Gasteiger partial charge >= 0.3 is 6.18 Å². The number of rotatable bonds is 6. The molecule has 0 fully saturated rings. The molecule has 0 aliphatic carbocycles. The fourth-order valence-corrected chi connectivity index (χ4v) is 4.96. The van der Waals surface area contributed by atoms with Crippen LogP contribution in [0.25, 0.3) is 10.8 Å². The molecule has 1 N–H and O–H groups in total. The molecule has 0 radical (unpaired) electrons. The standard InChI is InChI=1S/C25H19F3N2O3S/c26-25(27,28)19-10-7-11-20(16-19)30(34(32,33)21-12-2-1-3-13-21)17-24(31)29-23-15-6-9-18-8-4-5-14-22(18)23/h1-16H,17H2,(H,29,31). The molecule has 0 bridgehead atoms. The zero-order chi connectivity index (χ0) is 24.3. The average Bonchev–Trinajstić information content (AvgIpc) is 2.83. The van der Waals surface area contributed by atoms with E-state index < -0.39 is 34.2 Å². The Morgan fingerprint density at radius 1 is 0.824 bits per heavy atom. The molecule has 0 atom stereocenters. The molecule has 34 heavy (non-hydrogen) atoms. The number of fused-ring (bicyclic) bond motifs is 1. The van der Waals surface area contributed by atoms with Crippen LogP contribution in [-0.2, 0) is 21.0 Å². The van der Waals surface area contributed by atoms with Crippen molar-refractivity contribution in [2.24, 2.45) is 0 Å². The molecule has 1 amide bonds. The molecule has 0 aromatic heterocycles. The first-order valence-electron chi connectivity index (χ1n) is 10.2. The SMILES string of the molecule is O=C(CN(c1cccc(C(F)(F)F)c1)S(=O)(=O)c1ccccc1)Nc1cccc2ccccc12. The molecule has 0 aliphatic rings. The summed E-state index contributed by atoms with van der Waals surface area (Å²) >= 11 is 0. The molecule has 0 spiro atoms. The highest BCUT2D eigenvalue weighted by Gasteiger charge is 2.33. The van der Waals surface area contributed by atoms with E-state index in [0.717, 1.165) is 22.9 Å². The fourth-order valence-electron chi connectivity index (χ4n) is 3.53. The molecule has 0 saturated carbocycles. The van der Waals surface area contributed by atoms with Gasteiger partial charge in [-0.05, 0) is 41.8 Å². The first-order valence-corrected chi connectivity index (χ1v) is 11.6. The summed E-state index contributed by atoms with van der Waals surface area (Å²) < 4.78 is 67.3. The average molecular weight is 484 g/mol. The Bertz CT molecular complexity index is 1430. The zero-order valence-corrected chi connectivity index (χ0v) is 18.5. The third-order valence-electron chi connectivity index (χ3n) is 5.14. The van der Waals surface area contributed by atoms with Crippen LogP contribution in [0, 0.1) is 0 Å². The molecule has 4 aromatic carbocycles. The Kier molecular flexibility index (Phi) is 6.30. The van der Waals surface area contributed by atoms with Crippen LogP contribution in [0.3, 0.4) is 0 Å². The number of carbonyl (C=O) groups excluding carboxylic acids is 1. The molecule has 0 saturated heterocycles. The number of carbonyl (C=O) groups is 1. The quantitative estimate of drug-likeness (QED) is 0.382. The van der Waals surface area contributed by atoms with Crippen LogP contribution in [0.15, 0.2) is 102 Å². The first kappa shape index (κ1) is 23.3. The number of hydrogen-bond donors (Lipinski definition) is 1. The van der Waals surface area contributed by atoms with E-state index in [1.807, 2.05) is 18.2 Å². The molecular formula is C25H19F3N2O3S.